The number of nitrogens with one attached hydrogen (secondary N) is 1. The number of nitrogens with zero attached hydrogens (tertiary/aromatic N) is 2. The van der Waals surface area contributed by atoms with E-state index in [2.05, 4.69) is 91.0 Å². The summed E-state index contributed by atoms with van der Waals surface area (Å²) in [5.41, 5.74) is 6.60. The second kappa shape index (κ2) is 13.2. The Balaban J connectivity index is 1.30. The van der Waals surface area contributed by atoms with E-state index in [1.807, 2.05) is 36.4 Å². The van der Waals surface area contributed by atoms with Crippen molar-refractivity contribution in [3.05, 3.63) is 96.3 Å². The number of aryl methyl sites for hydroxylation is 2. The van der Waals surface area contributed by atoms with Crippen LogP contribution in [0.2, 0.25) is 0 Å². The molecule has 2 aromatic heterocycles. The van der Waals surface area contributed by atoms with Gasteiger partial charge in [-0.2, -0.15) is 5.10 Å². The van der Waals surface area contributed by atoms with Crippen molar-refractivity contribution in [3.63, 3.8) is 0 Å². The van der Waals surface area contributed by atoms with E-state index in [9.17, 15) is 9.59 Å². The highest BCUT2D eigenvalue weighted by atomic mass is 127. The van der Waals surface area contributed by atoms with Crippen LogP contribution in [0.1, 0.15) is 33.3 Å². The maximum absolute atomic E-state index is 12.5. The Kier molecular flexibility index (Phi) is 9.67. The highest BCUT2D eigenvalue weighted by Gasteiger charge is 2.13. The van der Waals surface area contributed by atoms with E-state index in [1.165, 1.54) is 13.3 Å². The lowest BCUT2D eigenvalue weighted by Crippen LogP contribution is -2.17. The Morgan fingerprint density at radius 2 is 1.64 bits per heavy atom. The van der Waals surface area contributed by atoms with Crippen LogP contribution in [0.15, 0.2) is 70.2 Å². The molecule has 0 saturated carbocycles. The van der Waals surface area contributed by atoms with Crippen molar-refractivity contribution < 1.29 is 28.2 Å². The van der Waals surface area contributed by atoms with E-state index in [4.69, 9.17) is 13.9 Å². The quantitative estimate of drug-likeness (QED) is 0.0953. The molecule has 0 atom stereocenters. The summed E-state index contributed by atoms with van der Waals surface area (Å²) in [6.07, 6.45) is 1.51. The molecular formula is C28H25I2N3O6. The number of carbonyl (C=O) groups is 2. The van der Waals surface area contributed by atoms with Crippen LogP contribution in [-0.2, 0) is 16.1 Å². The van der Waals surface area contributed by atoms with E-state index in [0.29, 0.717) is 17.3 Å². The third kappa shape index (κ3) is 7.41. The zero-order valence-corrected chi connectivity index (χ0v) is 25.7. The Morgan fingerprint density at radius 3 is 2.28 bits per heavy atom. The van der Waals surface area contributed by atoms with Crippen LogP contribution in [0.3, 0.4) is 0 Å². The highest BCUT2D eigenvalue weighted by molar-refractivity contribution is 14.1. The molecule has 2 aromatic carbocycles. The van der Waals surface area contributed by atoms with Crippen molar-refractivity contribution in [2.24, 2.45) is 5.10 Å². The van der Waals surface area contributed by atoms with Gasteiger partial charge in [0.05, 0.1) is 20.5 Å². The second-order valence-electron chi connectivity index (χ2n) is 8.38. The average molecular weight is 753 g/mol. The van der Waals surface area contributed by atoms with Gasteiger partial charge in [0.15, 0.2) is 12.4 Å². The van der Waals surface area contributed by atoms with Crippen molar-refractivity contribution in [3.8, 4) is 17.2 Å². The molecule has 0 aliphatic rings. The molecule has 0 saturated heterocycles. The predicted molar refractivity (Wildman–Crippen MR) is 163 cm³/mol. The fraction of sp³-hybridized carbons (Fsp3) is 0.179. The molecule has 0 fully saturated rings. The molecule has 11 heteroatoms. The van der Waals surface area contributed by atoms with Gasteiger partial charge in [-0.3, -0.25) is 4.79 Å². The number of hydrogen-bond donors (Lipinski definition) is 1. The monoisotopic (exact) mass is 753 g/mol. The molecule has 202 valence electrons. The summed E-state index contributed by atoms with van der Waals surface area (Å²) in [7, 11) is 1.30. The second-order valence-corrected chi connectivity index (χ2v) is 10.7. The number of furan rings is 1. The third-order valence-corrected chi connectivity index (χ3v) is 7.20. The van der Waals surface area contributed by atoms with Crippen LogP contribution < -0.4 is 14.9 Å². The topological polar surface area (TPSA) is 104 Å². The van der Waals surface area contributed by atoms with E-state index >= 15 is 0 Å². The first kappa shape index (κ1) is 28.7. The molecule has 4 aromatic rings. The van der Waals surface area contributed by atoms with Gasteiger partial charge in [-0.25, -0.2) is 10.2 Å². The van der Waals surface area contributed by atoms with Crippen LogP contribution in [-0.4, -0.2) is 36.4 Å². The predicted octanol–water partition coefficient (Wildman–Crippen LogP) is 5.79. The van der Waals surface area contributed by atoms with Crippen LogP contribution in [0.4, 0.5) is 0 Å². The number of carbonyl (C=O) groups excluding carboxylic acids is 2. The number of hydrazone groups is 1. The first-order valence-corrected chi connectivity index (χ1v) is 13.9. The minimum Gasteiger partial charge on any atom is -0.486 e. The van der Waals surface area contributed by atoms with Gasteiger partial charge in [0, 0.05) is 17.1 Å². The van der Waals surface area contributed by atoms with Gasteiger partial charge in [0.2, 0.25) is 0 Å². The van der Waals surface area contributed by atoms with E-state index < -0.39 is 11.9 Å². The van der Waals surface area contributed by atoms with Crippen molar-refractivity contribution in [2.45, 2.75) is 20.5 Å². The number of aromatic nitrogens is 1. The van der Waals surface area contributed by atoms with Gasteiger partial charge in [-0.15, -0.1) is 0 Å². The smallest absolute Gasteiger partial charge is 0.343 e. The van der Waals surface area contributed by atoms with Gasteiger partial charge in [0.1, 0.15) is 23.9 Å². The molecule has 0 spiro atoms. The van der Waals surface area contributed by atoms with Crippen molar-refractivity contribution in [2.75, 3.05) is 13.7 Å². The lowest BCUT2D eigenvalue weighted by atomic mass is 10.2. The van der Waals surface area contributed by atoms with Gasteiger partial charge < -0.3 is 23.2 Å². The molecule has 1 N–H and O–H groups in total. The molecule has 39 heavy (non-hydrogen) atoms. The molecule has 0 unspecified atom stereocenters. The van der Waals surface area contributed by atoms with Crippen molar-refractivity contribution in [1.82, 2.24) is 9.99 Å². The Labute approximate surface area is 252 Å². The van der Waals surface area contributed by atoms with E-state index in [-0.39, 0.29) is 19.0 Å². The van der Waals surface area contributed by atoms with Gasteiger partial charge in [0.25, 0.3) is 0 Å². The zero-order chi connectivity index (χ0) is 27.9. The summed E-state index contributed by atoms with van der Waals surface area (Å²) in [6, 6.07) is 18.9. The molecule has 9 nitrogen and oxygen atoms in total. The van der Waals surface area contributed by atoms with E-state index in [0.717, 1.165) is 29.8 Å². The summed E-state index contributed by atoms with van der Waals surface area (Å²) in [4.78, 5) is 23.8. The highest BCUT2D eigenvalue weighted by Crippen LogP contribution is 2.28. The van der Waals surface area contributed by atoms with E-state index in [1.54, 1.807) is 12.1 Å². The molecule has 2 heterocycles. The number of esters is 1. The van der Waals surface area contributed by atoms with Crippen LogP contribution in [0, 0.1) is 21.0 Å². The summed E-state index contributed by atoms with van der Waals surface area (Å²) < 4.78 is 25.3. The molecular weight excluding hydrogens is 728 g/mol. The SMILES string of the molecule is COC(=O)COc1c(I)cc(/C=N/NC(=O)c2ccc(COc3ccc(-n4c(C)ccc4C)cc3)o2)cc1I. The van der Waals surface area contributed by atoms with Gasteiger partial charge >= 0.3 is 11.9 Å². The average Bonchev–Trinajstić information content (AvgIpc) is 3.53. The number of halogens is 2. The number of methoxy groups -OCH3 is 1. The Hall–Kier alpha value is -3.33. The number of ether oxygens (including phenoxy) is 3. The maximum atomic E-state index is 12.5. The summed E-state index contributed by atoms with van der Waals surface area (Å²) >= 11 is 4.21. The lowest BCUT2D eigenvalue weighted by molar-refractivity contribution is -0.142. The lowest BCUT2D eigenvalue weighted by Gasteiger charge is -2.10. The zero-order valence-electron chi connectivity index (χ0n) is 21.4. The fourth-order valence-electron chi connectivity index (χ4n) is 3.70. The first-order chi connectivity index (χ1) is 18.7. The van der Waals surface area contributed by atoms with Gasteiger partial charge in [-0.1, -0.05) is 0 Å². The number of benzene rings is 2. The molecule has 4 rings (SSSR count). The minimum atomic E-state index is -0.484. The molecule has 1 amide bonds. The largest absolute Gasteiger partial charge is 0.486 e. The Bertz CT molecular complexity index is 1470. The first-order valence-electron chi connectivity index (χ1n) is 11.7. The maximum Gasteiger partial charge on any atom is 0.343 e. The standard InChI is InChI=1S/C28H25I2N3O6/c1-17-4-5-18(2)33(17)20-6-8-21(9-7-20)37-15-22-10-11-25(39-22)28(35)32-31-14-19-12-23(29)27(24(30)13-19)38-16-26(34)36-3/h4-14H,15-16H2,1-3H3,(H,32,35)/b31-14+. The van der Waals surface area contributed by atoms with Crippen molar-refractivity contribution >= 4 is 63.3 Å². The fourth-order valence-corrected chi connectivity index (χ4v) is 5.83. The van der Waals surface area contributed by atoms with Crippen LogP contribution in [0.25, 0.3) is 5.69 Å². The molecule has 0 radical (unpaired) electrons. The summed E-state index contributed by atoms with van der Waals surface area (Å²) in [6.45, 7) is 4.14. The van der Waals surface area contributed by atoms with Crippen molar-refractivity contribution in [1.29, 1.82) is 0 Å². The molecule has 0 aliphatic carbocycles. The van der Waals surface area contributed by atoms with Gasteiger partial charge in [-0.05, 0) is 125 Å². The van der Waals surface area contributed by atoms with Crippen LogP contribution >= 0.6 is 45.2 Å². The number of rotatable bonds is 10. The Morgan fingerprint density at radius 1 is 0.974 bits per heavy atom. The molecule has 0 aliphatic heterocycles. The normalized spacial score (nSPS) is 11.0. The minimum absolute atomic E-state index is 0.121. The van der Waals surface area contributed by atoms with Crippen LogP contribution in [0.5, 0.6) is 11.5 Å². The summed E-state index contributed by atoms with van der Waals surface area (Å²) in [5, 5.41) is 4.02. The molecule has 0 bridgehead atoms. The third-order valence-electron chi connectivity index (χ3n) is 5.59. The number of amides is 1. The number of hydrogen-bond acceptors (Lipinski definition) is 7. The summed E-state index contributed by atoms with van der Waals surface area (Å²) in [5.74, 6) is 0.957.